The Balaban J connectivity index is 0.00000108. The summed E-state index contributed by atoms with van der Waals surface area (Å²) < 4.78 is 1.75. The van der Waals surface area contributed by atoms with Crippen LogP contribution >= 0.6 is 12.4 Å². The molecule has 2 heterocycles. The molecule has 1 fully saturated rings. The number of hydrogen-bond donors (Lipinski definition) is 1. The Morgan fingerprint density at radius 3 is 2.88 bits per heavy atom. The summed E-state index contributed by atoms with van der Waals surface area (Å²) in [5.74, 6) is 1.45. The van der Waals surface area contributed by atoms with Gasteiger partial charge in [-0.05, 0) is 30.4 Å². The first-order valence-corrected chi connectivity index (χ1v) is 5.43. The fourth-order valence-electron chi connectivity index (χ4n) is 1.82. The van der Waals surface area contributed by atoms with Gasteiger partial charge in [0.1, 0.15) is 12.2 Å². The summed E-state index contributed by atoms with van der Waals surface area (Å²) in [5, 5.41) is 4.16. The molecule has 2 N–H and O–H groups in total. The summed E-state index contributed by atoms with van der Waals surface area (Å²) in [6, 6.07) is 2.12. The maximum absolute atomic E-state index is 5.60. The van der Waals surface area contributed by atoms with Crippen molar-refractivity contribution in [1.82, 2.24) is 19.7 Å². The van der Waals surface area contributed by atoms with E-state index < -0.39 is 0 Å². The average molecular weight is 252 g/mol. The van der Waals surface area contributed by atoms with Crippen molar-refractivity contribution in [2.45, 2.75) is 25.3 Å². The molecule has 0 spiro atoms. The lowest BCUT2D eigenvalue weighted by atomic mass is 10.2. The first-order valence-electron chi connectivity index (χ1n) is 5.43. The fraction of sp³-hybridized carbons (Fsp3) is 0.364. The molecular weight excluding hydrogens is 238 g/mol. The van der Waals surface area contributed by atoms with Gasteiger partial charge >= 0.3 is 0 Å². The Morgan fingerprint density at radius 1 is 1.35 bits per heavy atom. The maximum Gasteiger partial charge on any atom is 0.146 e. The van der Waals surface area contributed by atoms with Gasteiger partial charge in [-0.3, -0.25) is 4.98 Å². The Morgan fingerprint density at radius 2 is 2.18 bits per heavy atom. The molecule has 1 aliphatic carbocycles. The first-order chi connectivity index (χ1) is 7.88. The highest BCUT2D eigenvalue weighted by Crippen LogP contribution is 2.40. The van der Waals surface area contributed by atoms with Gasteiger partial charge < -0.3 is 5.73 Å². The monoisotopic (exact) mass is 251 g/mol. The molecule has 3 rings (SSSR count). The molecule has 0 amide bonds. The fourth-order valence-corrected chi connectivity index (χ4v) is 1.82. The standard InChI is InChI=1S/C11H13N5.ClH/c12-4-11-14-7-15-16(11)10-3-9(5-13-6-10)8-1-2-8;/h3,5-8H,1-2,4,12H2;1H. The highest BCUT2D eigenvalue weighted by Gasteiger charge is 2.24. The number of rotatable bonds is 3. The van der Waals surface area contributed by atoms with Gasteiger partial charge in [0, 0.05) is 6.20 Å². The van der Waals surface area contributed by atoms with E-state index in [1.807, 2.05) is 6.20 Å². The van der Waals surface area contributed by atoms with Crippen LogP contribution < -0.4 is 5.73 Å². The lowest BCUT2D eigenvalue weighted by molar-refractivity contribution is 0.784. The number of nitrogens with two attached hydrogens (primary N) is 1. The zero-order valence-corrected chi connectivity index (χ0v) is 10.1. The molecule has 0 atom stereocenters. The van der Waals surface area contributed by atoms with E-state index in [4.69, 9.17) is 5.73 Å². The van der Waals surface area contributed by atoms with Crippen molar-refractivity contribution >= 4 is 12.4 Å². The second-order valence-electron chi connectivity index (χ2n) is 4.04. The molecule has 0 unspecified atom stereocenters. The Bertz CT molecular complexity index is 506. The minimum Gasteiger partial charge on any atom is -0.324 e. The molecule has 17 heavy (non-hydrogen) atoms. The molecule has 1 saturated carbocycles. The highest BCUT2D eigenvalue weighted by atomic mass is 35.5. The van der Waals surface area contributed by atoms with E-state index >= 15 is 0 Å². The van der Waals surface area contributed by atoms with Gasteiger partial charge in [0.25, 0.3) is 0 Å². The van der Waals surface area contributed by atoms with Gasteiger partial charge in [-0.1, -0.05) is 0 Å². The summed E-state index contributed by atoms with van der Waals surface area (Å²) in [7, 11) is 0. The summed E-state index contributed by atoms with van der Waals surface area (Å²) in [6.07, 6.45) is 7.78. The minimum absolute atomic E-state index is 0. The Hall–Kier alpha value is -1.46. The van der Waals surface area contributed by atoms with Crippen molar-refractivity contribution < 1.29 is 0 Å². The van der Waals surface area contributed by atoms with E-state index in [-0.39, 0.29) is 12.4 Å². The predicted octanol–water partition coefficient (Wildman–Crippen LogP) is 1.42. The van der Waals surface area contributed by atoms with E-state index in [1.54, 1.807) is 10.9 Å². The maximum atomic E-state index is 5.60. The van der Waals surface area contributed by atoms with Gasteiger partial charge in [0.2, 0.25) is 0 Å². The molecule has 5 nitrogen and oxygen atoms in total. The lowest BCUT2D eigenvalue weighted by Crippen LogP contribution is -2.08. The number of aromatic nitrogens is 4. The van der Waals surface area contributed by atoms with Crippen LogP contribution in [0.3, 0.4) is 0 Å². The van der Waals surface area contributed by atoms with Crippen LogP contribution in [0.25, 0.3) is 5.69 Å². The highest BCUT2D eigenvalue weighted by molar-refractivity contribution is 5.85. The van der Waals surface area contributed by atoms with Crippen LogP contribution in [0.15, 0.2) is 24.8 Å². The van der Waals surface area contributed by atoms with E-state index in [0.29, 0.717) is 12.5 Å². The number of nitrogens with zero attached hydrogens (tertiary/aromatic N) is 4. The molecule has 0 bridgehead atoms. The quantitative estimate of drug-likeness (QED) is 0.896. The first kappa shape index (κ1) is 12.0. The third kappa shape index (κ3) is 2.30. The molecule has 2 aromatic rings. The number of halogens is 1. The van der Waals surface area contributed by atoms with Gasteiger partial charge in [-0.15, -0.1) is 12.4 Å². The normalized spacial score (nSPS) is 14.4. The zero-order valence-electron chi connectivity index (χ0n) is 9.28. The molecular formula is C11H14ClN5. The van der Waals surface area contributed by atoms with Gasteiger partial charge in [0.15, 0.2) is 0 Å². The molecule has 0 aromatic carbocycles. The van der Waals surface area contributed by atoms with Crippen molar-refractivity contribution in [1.29, 1.82) is 0 Å². The zero-order chi connectivity index (χ0) is 11.0. The molecule has 1 aliphatic rings. The van der Waals surface area contributed by atoms with Gasteiger partial charge in [-0.2, -0.15) is 5.10 Å². The van der Waals surface area contributed by atoms with Crippen molar-refractivity contribution in [2.75, 3.05) is 0 Å². The molecule has 90 valence electrons. The number of hydrogen-bond acceptors (Lipinski definition) is 4. The SMILES string of the molecule is Cl.NCc1ncnn1-c1cncc(C2CC2)c1. The van der Waals surface area contributed by atoms with Crippen molar-refractivity contribution in [3.05, 3.63) is 36.2 Å². The average Bonchev–Trinajstić information content (AvgIpc) is 3.07. The van der Waals surface area contributed by atoms with Crippen LogP contribution in [-0.4, -0.2) is 19.7 Å². The smallest absolute Gasteiger partial charge is 0.146 e. The molecule has 6 heteroatoms. The van der Waals surface area contributed by atoms with E-state index in [2.05, 4.69) is 21.1 Å². The Labute approximate surface area is 105 Å². The van der Waals surface area contributed by atoms with Crippen molar-refractivity contribution in [3.63, 3.8) is 0 Å². The Kier molecular flexibility index (Phi) is 3.40. The third-order valence-corrected chi connectivity index (χ3v) is 2.84. The molecule has 0 radical (unpaired) electrons. The molecule has 2 aromatic heterocycles. The van der Waals surface area contributed by atoms with Crippen LogP contribution in [0, 0.1) is 0 Å². The predicted molar refractivity (Wildman–Crippen MR) is 66.3 cm³/mol. The van der Waals surface area contributed by atoms with Crippen LogP contribution in [0.4, 0.5) is 0 Å². The lowest BCUT2D eigenvalue weighted by Gasteiger charge is -2.05. The van der Waals surface area contributed by atoms with Crippen LogP contribution in [0.5, 0.6) is 0 Å². The van der Waals surface area contributed by atoms with Crippen LogP contribution in [0.2, 0.25) is 0 Å². The summed E-state index contributed by atoms with van der Waals surface area (Å²) >= 11 is 0. The van der Waals surface area contributed by atoms with E-state index in [1.165, 1.54) is 24.7 Å². The largest absolute Gasteiger partial charge is 0.324 e. The van der Waals surface area contributed by atoms with Crippen molar-refractivity contribution in [2.24, 2.45) is 5.73 Å². The molecule has 0 saturated heterocycles. The van der Waals surface area contributed by atoms with Crippen LogP contribution in [0.1, 0.15) is 30.1 Å². The van der Waals surface area contributed by atoms with Crippen LogP contribution in [-0.2, 0) is 6.54 Å². The third-order valence-electron chi connectivity index (χ3n) is 2.84. The second-order valence-corrected chi connectivity index (χ2v) is 4.04. The number of pyridine rings is 1. The molecule has 0 aliphatic heterocycles. The van der Waals surface area contributed by atoms with Gasteiger partial charge in [-0.25, -0.2) is 9.67 Å². The van der Waals surface area contributed by atoms with E-state index in [0.717, 1.165) is 11.5 Å². The van der Waals surface area contributed by atoms with E-state index in [9.17, 15) is 0 Å². The summed E-state index contributed by atoms with van der Waals surface area (Å²) in [5.41, 5.74) is 7.83. The second kappa shape index (κ2) is 4.81. The topological polar surface area (TPSA) is 69.6 Å². The van der Waals surface area contributed by atoms with Crippen molar-refractivity contribution in [3.8, 4) is 5.69 Å². The summed E-state index contributed by atoms with van der Waals surface area (Å²) in [6.45, 7) is 0.383. The minimum atomic E-state index is 0. The summed E-state index contributed by atoms with van der Waals surface area (Å²) in [4.78, 5) is 8.35. The van der Waals surface area contributed by atoms with Gasteiger partial charge in [0.05, 0.1) is 18.4 Å².